The van der Waals surface area contributed by atoms with Crippen molar-refractivity contribution in [2.24, 2.45) is 0 Å². The van der Waals surface area contributed by atoms with Gasteiger partial charge in [-0.15, -0.1) is 0 Å². The number of nitrogens with one attached hydrogen (secondary N) is 2. The molecule has 0 saturated heterocycles. The van der Waals surface area contributed by atoms with Gasteiger partial charge in [-0.25, -0.2) is 15.0 Å². The van der Waals surface area contributed by atoms with Crippen LogP contribution in [0.3, 0.4) is 0 Å². The Bertz CT molecular complexity index is 2270. The zero-order valence-corrected chi connectivity index (χ0v) is 26.6. The van der Waals surface area contributed by atoms with Crippen molar-refractivity contribution >= 4 is 28.8 Å². The van der Waals surface area contributed by atoms with Crippen LogP contribution in [0.2, 0.25) is 0 Å². The normalized spacial score (nSPS) is 13.3. The van der Waals surface area contributed by atoms with Crippen LogP contribution in [0.4, 0.5) is 0 Å². The van der Waals surface area contributed by atoms with Gasteiger partial charge in [-0.1, -0.05) is 170 Å². The van der Waals surface area contributed by atoms with E-state index in [4.69, 9.17) is 20.4 Å². The van der Waals surface area contributed by atoms with E-state index in [1.165, 1.54) is 6.21 Å². The Kier molecular flexibility index (Phi) is 7.98. The largest absolute Gasteiger partial charge is 0.353 e. The standard InChI is InChI=1S/C44H31N5/c45-29-38(30-15-5-1-6-16-30)41-37-24-14-13-23-36(37)39(40(46-41)32-17-7-2-8-18-32)31-25-27-35(28-26-31)44-48-42(33-19-9-3-10-20-33)47-43(49-44)34-21-11-4-12-22-34/h1-29,45-46H/b41-38+,45-29?. The van der Waals surface area contributed by atoms with Gasteiger partial charge in [-0.05, 0) is 22.3 Å². The van der Waals surface area contributed by atoms with Gasteiger partial charge in [-0.3, -0.25) is 0 Å². The summed E-state index contributed by atoms with van der Waals surface area (Å²) in [6.45, 7) is 0. The minimum absolute atomic E-state index is 0.613. The molecule has 0 aliphatic carbocycles. The molecule has 1 aromatic heterocycles. The van der Waals surface area contributed by atoms with Gasteiger partial charge in [-0.2, -0.15) is 0 Å². The highest BCUT2D eigenvalue weighted by Crippen LogP contribution is 2.42. The molecule has 232 valence electrons. The molecule has 8 rings (SSSR count). The Morgan fingerprint density at radius 2 is 0.837 bits per heavy atom. The number of benzene rings is 6. The van der Waals surface area contributed by atoms with Crippen molar-refractivity contribution in [3.05, 3.63) is 198 Å². The number of fused-ring (bicyclic) bond motifs is 1. The van der Waals surface area contributed by atoms with Crippen molar-refractivity contribution < 1.29 is 0 Å². The quantitative estimate of drug-likeness (QED) is 0.172. The predicted molar refractivity (Wildman–Crippen MR) is 200 cm³/mol. The number of nitrogens with zero attached hydrogens (tertiary/aromatic N) is 3. The SMILES string of the molecule is N=C/C(=C1\NC(c2ccccc2)=C(c2ccc(-c3nc(-c4ccccc4)nc(-c4ccccc4)n3)cc2)c2ccccc21)c1ccccc1. The van der Waals surface area contributed by atoms with E-state index in [-0.39, 0.29) is 0 Å². The van der Waals surface area contributed by atoms with Crippen molar-refractivity contribution in [2.75, 3.05) is 0 Å². The average molecular weight is 630 g/mol. The molecule has 0 unspecified atom stereocenters. The van der Waals surface area contributed by atoms with E-state index in [2.05, 4.69) is 78.1 Å². The van der Waals surface area contributed by atoms with Gasteiger partial charge < -0.3 is 10.7 Å². The number of hydrogen-bond acceptors (Lipinski definition) is 5. The molecule has 1 aliphatic heterocycles. The predicted octanol–water partition coefficient (Wildman–Crippen LogP) is 9.91. The smallest absolute Gasteiger partial charge is 0.164 e. The third-order valence-electron chi connectivity index (χ3n) is 8.66. The molecular formula is C44H31N5. The van der Waals surface area contributed by atoms with Crippen molar-refractivity contribution in [3.63, 3.8) is 0 Å². The second-order valence-electron chi connectivity index (χ2n) is 11.7. The first-order valence-corrected chi connectivity index (χ1v) is 16.2. The van der Waals surface area contributed by atoms with E-state index < -0.39 is 0 Å². The molecule has 1 aliphatic rings. The molecule has 0 saturated carbocycles. The van der Waals surface area contributed by atoms with Gasteiger partial charge >= 0.3 is 0 Å². The maximum absolute atomic E-state index is 8.45. The fraction of sp³-hybridized carbons (Fsp3) is 0. The highest BCUT2D eigenvalue weighted by atomic mass is 15.0. The summed E-state index contributed by atoms with van der Waals surface area (Å²) >= 11 is 0. The summed E-state index contributed by atoms with van der Waals surface area (Å²) in [7, 11) is 0. The average Bonchev–Trinajstić information content (AvgIpc) is 3.19. The molecule has 0 amide bonds. The number of hydrogen-bond donors (Lipinski definition) is 2. The first-order chi connectivity index (χ1) is 24.3. The third-order valence-corrected chi connectivity index (χ3v) is 8.66. The van der Waals surface area contributed by atoms with Crippen LogP contribution in [0, 0.1) is 5.41 Å². The van der Waals surface area contributed by atoms with Crippen molar-refractivity contribution in [2.45, 2.75) is 0 Å². The van der Waals surface area contributed by atoms with Gasteiger partial charge in [0.2, 0.25) is 0 Å². The summed E-state index contributed by atoms with van der Waals surface area (Å²) < 4.78 is 0. The van der Waals surface area contributed by atoms with Crippen LogP contribution in [0.25, 0.3) is 56.7 Å². The molecule has 5 nitrogen and oxygen atoms in total. The summed E-state index contributed by atoms with van der Waals surface area (Å²) in [5.74, 6) is 1.88. The summed E-state index contributed by atoms with van der Waals surface area (Å²) in [5, 5.41) is 12.2. The van der Waals surface area contributed by atoms with Crippen LogP contribution < -0.4 is 5.32 Å². The van der Waals surface area contributed by atoms with E-state index in [9.17, 15) is 0 Å². The lowest BCUT2D eigenvalue weighted by Gasteiger charge is -2.29. The van der Waals surface area contributed by atoms with E-state index in [0.717, 1.165) is 67.0 Å². The first kappa shape index (κ1) is 29.7. The van der Waals surface area contributed by atoms with Gasteiger partial charge in [0.15, 0.2) is 17.5 Å². The minimum Gasteiger partial charge on any atom is -0.353 e. The van der Waals surface area contributed by atoms with Gasteiger partial charge in [0.05, 0.1) is 11.4 Å². The Morgan fingerprint density at radius 1 is 0.429 bits per heavy atom. The van der Waals surface area contributed by atoms with Crippen LogP contribution in [0.5, 0.6) is 0 Å². The Balaban J connectivity index is 1.28. The fourth-order valence-electron chi connectivity index (χ4n) is 6.28. The van der Waals surface area contributed by atoms with E-state index in [0.29, 0.717) is 17.5 Å². The van der Waals surface area contributed by atoms with Crippen LogP contribution in [-0.2, 0) is 0 Å². The van der Waals surface area contributed by atoms with Crippen LogP contribution >= 0.6 is 0 Å². The number of aromatic nitrogens is 3. The van der Waals surface area contributed by atoms with Crippen molar-refractivity contribution in [1.82, 2.24) is 20.3 Å². The highest BCUT2D eigenvalue weighted by Gasteiger charge is 2.26. The van der Waals surface area contributed by atoms with E-state index >= 15 is 0 Å². The molecule has 7 aromatic rings. The van der Waals surface area contributed by atoms with Crippen LogP contribution in [0.15, 0.2) is 170 Å². The molecule has 0 spiro atoms. The number of rotatable bonds is 7. The Morgan fingerprint density at radius 3 is 1.35 bits per heavy atom. The molecule has 0 bridgehead atoms. The fourth-order valence-corrected chi connectivity index (χ4v) is 6.28. The zero-order chi connectivity index (χ0) is 33.0. The Labute approximate surface area is 285 Å². The van der Waals surface area contributed by atoms with Crippen LogP contribution in [-0.4, -0.2) is 21.2 Å². The molecule has 0 radical (unpaired) electrons. The van der Waals surface area contributed by atoms with E-state index in [1.54, 1.807) is 0 Å². The summed E-state index contributed by atoms with van der Waals surface area (Å²) in [4.78, 5) is 14.7. The van der Waals surface area contributed by atoms with Gasteiger partial charge in [0.25, 0.3) is 0 Å². The lowest BCUT2D eigenvalue weighted by atomic mass is 9.84. The second kappa shape index (κ2) is 13.2. The Hall–Kier alpha value is -6.72. The number of allylic oxidation sites excluding steroid dienone is 1. The maximum Gasteiger partial charge on any atom is 0.164 e. The molecular weight excluding hydrogens is 599 g/mol. The summed E-state index contributed by atoms with van der Waals surface area (Å²) in [6, 6.07) is 57.4. The molecule has 0 fully saturated rings. The van der Waals surface area contributed by atoms with Crippen molar-refractivity contribution in [3.8, 4) is 34.2 Å². The maximum atomic E-state index is 8.45. The lowest BCUT2D eigenvalue weighted by molar-refractivity contribution is 1.07. The van der Waals surface area contributed by atoms with Gasteiger partial charge in [0, 0.05) is 39.6 Å². The topological polar surface area (TPSA) is 74.6 Å². The van der Waals surface area contributed by atoms with Gasteiger partial charge in [0.1, 0.15) is 0 Å². The summed E-state index contributed by atoms with van der Waals surface area (Å²) in [5.41, 5.74) is 11.8. The molecule has 2 heterocycles. The summed E-state index contributed by atoms with van der Waals surface area (Å²) in [6.07, 6.45) is 1.44. The minimum atomic E-state index is 0.613. The monoisotopic (exact) mass is 629 g/mol. The zero-order valence-electron chi connectivity index (χ0n) is 26.6. The van der Waals surface area contributed by atoms with Crippen molar-refractivity contribution in [1.29, 1.82) is 5.41 Å². The van der Waals surface area contributed by atoms with Crippen LogP contribution in [0.1, 0.15) is 27.8 Å². The molecule has 2 N–H and O–H groups in total. The molecule has 5 heteroatoms. The molecule has 0 atom stereocenters. The first-order valence-electron chi connectivity index (χ1n) is 16.2. The lowest BCUT2D eigenvalue weighted by Crippen LogP contribution is -2.21. The molecule has 49 heavy (non-hydrogen) atoms. The van der Waals surface area contributed by atoms with E-state index in [1.807, 2.05) is 97.1 Å². The highest BCUT2D eigenvalue weighted by molar-refractivity contribution is 6.21. The second-order valence-corrected chi connectivity index (χ2v) is 11.7. The molecule has 6 aromatic carbocycles. The third kappa shape index (κ3) is 5.86.